The average Bonchev–Trinajstić information content (AvgIpc) is 2.73. The molecule has 2 amide bonds. The van der Waals surface area contributed by atoms with E-state index in [-0.39, 0.29) is 23.0 Å². The van der Waals surface area contributed by atoms with Crippen molar-refractivity contribution >= 4 is 51.5 Å². The van der Waals surface area contributed by atoms with E-state index >= 15 is 0 Å². The quantitative estimate of drug-likeness (QED) is 0.423. The standard InChI is InChI=1S/C23H32N2O6S2/c1-14(2)10-17-6-8-18(9-7-17)11-21(28)32-13-20(25-16(4)27)23(30)33-12-19(22(29)31-5)24-15(3)26/h6-9,14,19-20H,10-13H2,1-5H3,(H,24,26)(H,25,27). The first-order valence-electron chi connectivity index (χ1n) is 10.5. The van der Waals surface area contributed by atoms with Crippen molar-refractivity contribution in [2.24, 2.45) is 5.92 Å². The van der Waals surface area contributed by atoms with Crippen molar-refractivity contribution in [3.8, 4) is 0 Å². The number of hydrogen-bond donors (Lipinski definition) is 2. The maximum Gasteiger partial charge on any atom is 0.329 e. The molecule has 0 saturated carbocycles. The van der Waals surface area contributed by atoms with Crippen LogP contribution < -0.4 is 10.6 Å². The van der Waals surface area contributed by atoms with Gasteiger partial charge in [0.2, 0.25) is 16.9 Å². The van der Waals surface area contributed by atoms with Crippen molar-refractivity contribution in [3.05, 3.63) is 35.4 Å². The molecule has 2 unspecified atom stereocenters. The lowest BCUT2D eigenvalue weighted by Gasteiger charge is -2.18. The molecule has 33 heavy (non-hydrogen) atoms. The van der Waals surface area contributed by atoms with Crippen molar-refractivity contribution in [3.63, 3.8) is 0 Å². The Bertz CT molecular complexity index is 842. The van der Waals surface area contributed by atoms with Crippen molar-refractivity contribution in [1.29, 1.82) is 0 Å². The number of benzene rings is 1. The molecule has 0 aliphatic heterocycles. The maximum absolute atomic E-state index is 12.6. The largest absolute Gasteiger partial charge is 0.467 e. The number of esters is 1. The summed E-state index contributed by atoms with van der Waals surface area (Å²) in [4.78, 5) is 59.7. The number of amides is 2. The van der Waals surface area contributed by atoms with Crippen LogP contribution in [0.3, 0.4) is 0 Å². The zero-order valence-corrected chi connectivity index (χ0v) is 21.3. The molecule has 0 fully saturated rings. The highest BCUT2D eigenvalue weighted by atomic mass is 32.2. The van der Waals surface area contributed by atoms with Crippen LogP contribution in [0, 0.1) is 5.92 Å². The Hall–Kier alpha value is -2.33. The average molecular weight is 497 g/mol. The van der Waals surface area contributed by atoms with Crippen LogP contribution in [0.15, 0.2) is 24.3 Å². The molecular formula is C23H32N2O6S2. The first kappa shape index (κ1) is 28.7. The molecule has 182 valence electrons. The fraction of sp³-hybridized carbons (Fsp3) is 0.522. The maximum atomic E-state index is 12.6. The van der Waals surface area contributed by atoms with Gasteiger partial charge in [-0.25, -0.2) is 4.79 Å². The highest BCUT2D eigenvalue weighted by Crippen LogP contribution is 2.17. The summed E-state index contributed by atoms with van der Waals surface area (Å²) in [7, 11) is 1.18. The highest BCUT2D eigenvalue weighted by Gasteiger charge is 2.26. The van der Waals surface area contributed by atoms with Crippen LogP contribution in [-0.2, 0) is 41.6 Å². The summed E-state index contributed by atoms with van der Waals surface area (Å²) in [5, 5.41) is 4.44. The monoisotopic (exact) mass is 496 g/mol. The Morgan fingerprint density at radius 1 is 0.848 bits per heavy atom. The number of methoxy groups -OCH3 is 1. The second-order valence-corrected chi connectivity index (χ2v) is 10.0. The second kappa shape index (κ2) is 14.7. The molecule has 2 N–H and O–H groups in total. The van der Waals surface area contributed by atoms with Gasteiger partial charge < -0.3 is 15.4 Å². The van der Waals surface area contributed by atoms with Crippen LogP contribution >= 0.6 is 23.5 Å². The molecule has 0 spiro atoms. The minimum atomic E-state index is -0.993. The van der Waals surface area contributed by atoms with Crippen LogP contribution in [0.25, 0.3) is 0 Å². The lowest BCUT2D eigenvalue weighted by Crippen LogP contribution is -2.44. The third kappa shape index (κ3) is 11.9. The van der Waals surface area contributed by atoms with Gasteiger partial charge >= 0.3 is 5.97 Å². The molecule has 1 aromatic carbocycles. The molecule has 1 aromatic rings. The minimum Gasteiger partial charge on any atom is -0.467 e. The number of carbonyl (C=O) groups is 5. The molecule has 0 bridgehead atoms. The predicted octanol–water partition coefficient (Wildman–Crippen LogP) is 2.13. The van der Waals surface area contributed by atoms with Crippen molar-refractivity contribution in [2.45, 2.75) is 52.6 Å². The number of thioether (sulfide) groups is 2. The molecule has 8 nitrogen and oxygen atoms in total. The molecule has 0 aliphatic rings. The van der Waals surface area contributed by atoms with Gasteiger partial charge in [-0.2, -0.15) is 0 Å². The topological polar surface area (TPSA) is 119 Å². The van der Waals surface area contributed by atoms with E-state index in [1.165, 1.54) is 26.5 Å². The summed E-state index contributed by atoms with van der Waals surface area (Å²) >= 11 is 1.76. The fourth-order valence-electron chi connectivity index (χ4n) is 2.89. The van der Waals surface area contributed by atoms with E-state index in [1.54, 1.807) is 0 Å². The van der Waals surface area contributed by atoms with E-state index in [9.17, 15) is 24.0 Å². The van der Waals surface area contributed by atoms with Crippen LogP contribution in [-0.4, -0.2) is 58.7 Å². The zero-order valence-electron chi connectivity index (χ0n) is 19.6. The fourth-order valence-corrected chi connectivity index (χ4v) is 4.75. The summed E-state index contributed by atoms with van der Waals surface area (Å²) in [6, 6.07) is 5.98. The number of carbonyl (C=O) groups excluding carboxylic acids is 5. The number of rotatable bonds is 12. The molecule has 0 aliphatic carbocycles. The van der Waals surface area contributed by atoms with E-state index < -0.39 is 35.0 Å². The summed E-state index contributed by atoms with van der Waals surface area (Å²) in [6.45, 7) is 6.83. The van der Waals surface area contributed by atoms with Gasteiger partial charge in [-0.15, -0.1) is 0 Å². The molecule has 2 atom stereocenters. The molecule has 0 heterocycles. The summed E-state index contributed by atoms with van der Waals surface area (Å²) in [6.07, 6.45) is 1.19. The normalized spacial score (nSPS) is 12.5. The molecule has 0 radical (unpaired) electrons. The Balaban J connectivity index is 2.66. The van der Waals surface area contributed by atoms with Crippen LogP contribution in [0.2, 0.25) is 0 Å². The van der Waals surface area contributed by atoms with E-state index in [0.717, 1.165) is 35.5 Å². The second-order valence-electron chi connectivity index (χ2n) is 7.93. The molecule has 10 heteroatoms. The summed E-state index contributed by atoms with van der Waals surface area (Å²) in [5.41, 5.74) is 2.10. The van der Waals surface area contributed by atoms with Gasteiger partial charge in [0.25, 0.3) is 0 Å². The van der Waals surface area contributed by atoms with Crippen LogP contribution in [0.4, 0.5) is 0 Å². The Kier molecular flexibility index (Phi) is 12.8. The van der Waals surface area contributed by atoms with Crippen LogP contribution in [0.5, 0.6) is 0 Å². The van der Waals surface area contributed by atoms with Gasteiger partial charge in [0.15, 0.2) is 5.12 Å². The number of hydrogen-bond acceptors (Lipinski definition) is 8. The lowest BCUT2D eigenvalue weighted by molar-refractivity contribution is -0.144. The summed E-state index contributed by atoms with van der Waals surface area (Å²) < 4.78 is 4.64. The number of ether oxygens (including phenoxy) is 1. The van der Waals surface area contributed by atoms with Crippen molar-refractivity contribution < 1.29 is 28.7 Å². The first-order chi connectivity index (χ1) is 15.5. The van der Waals surface area contributed by atoms with Crippen molar-refractivity contribution in [1.82, 2.24) is 10.6 Å². The lowest BCUT2D eigenvalue weighted by atomic mass is 10.0. The van der Waals surface area contributed by atoms with Gasteiger partial charge in [0.1, 0.15) is 12.1 Å². The third-order valence-corrected chi connectivity index (χ3v) is 6.38. The Labute approximate surface area is 203 Å². The van der Waals surface area contributed by atoms with E-state index in [1.807, 2.05) is 24.3 Å². The molecular weight excluding hydrogens is 464 g/mol. The van der Waals surface area contributed by atoms with E-state index in [2.05, 4.69) is 29.2 Å². The van der Waals surface area contributed by atoms with Gasteiger partial charge in [-0.3, -0.25) is 19.2 Å². The van der Waals surface area contributed by atoms with E-state index in [4.69, 9.17) is 0 Å². The van der Waals surface area contributed by atoms with Crippen molar-refractivity contribution in [2.75, 3.05) is 18.6 Å². The van der Waals surface area contributed by atoms with E-state index in [0.29, 0.717) is 5.92 Å². The smallest absolute Gasteiger partial charge is 0.329 e. The first-order valence-corrected chi connectivity index (χ1v) is 12.5. The predicted molar refractivity (Wildman–Crippen MR) is 131 cm³/mol. The Morgan fingerprint density at radius 3 is 1.88 bits per heavy atom. The molecule has 0 aromatic heterocycles. The third-order valence-electron chi connectivity index (χ3n) is 4.34. The summed E-state index contributed by atoms with van der Waals surface area (Å²) in [5.74, 6) is -0.952. The van der Waals surface area contributed by atoms with Gasteiger partial charge in [0.05, 0.1) is 7.11 Å². The SMILES string of the molecule is COC(=O)C(CSC(=O)C(CSC(=O)Cc1ccc(CC(C)C)cc1)NC(C)=O)NC(C)=O. The van der Waals surface area contributed by atoms with Gasteiger partial charge in [-0.1, -0.05) is 61.6 Å². The molecule has 1 rings (SSSR count). The Morgan fingerprint density at radius 2 is 1.36 bits per heavy atom. The van der Waals surface area contributed by atoms with Gasteiger partial charge in [0, 0.05) is 31.8 Å². The highest BCUT2D eigenvalue weighted by molar-refractivity contribution is 8.15. The zero-order chi connectivity index (χ0) is 25.0. The van der Waals surface area contributed by atoms with Gasteiger partial charge in [-0.05, 0) is 23.5 Å². The number of nitrogens with one attached hydrogen (secondary N) is 2. The minimum absolute atomic E-state index is 0.0531. The molecule has 0 saturated heterocycles. The van der Waals surface area contributed by atoms with Crippen LogP contribution in [0.1, 0.15) is 38.8 Å².